The summed E-state index contributed by atoms with van der Waals surface area (Å²) >= 11 is 18.3. The highest BCUT2D eigenvalue weighted by molar-refractivity contribution is 7.86. The lowest BCUT2D eigenvalue weighted by atomic mass is 9.96. The van der Waals surface area contributed by atoms with E-state index in [-0.39, 0.29) is 84.5 Å². The number of benzene rings is 2. The highest BCUT2D eigenvalue weighted by Crippen LogP contribution is 2.47. The zero-order valence-corrected chi connectivity index (χ0v) is 77.2. The lowest BCUT2D eigenvalue weighted by Gasteiger charge is -2.35. The highest BCUT2D eigenvalue weighted by Gasteiger charge is 2.47. The van der Waals surface area contributed by atoms with Crippen LogP contribution in [0.5, 0.6) is 0 Å². The molecule has 5 aromatic heterocycles. The van der Waals surface area contributed by atoms with Crippen molar-refractivity contribution in [1.29, 1.82) is 0 Å². The Hall–Kier alpha value is -8.62. The summed E-state index contributed by atoms with van der Waals surface area (Å²) in [5, 5.41) is 41.1. The number of aliphatic hydroxyl groups is 3. The van der Waals surface area contributed by atoms with Gasteiger partial charge in [-0.15, -0.1) is 0 Å². The van der Waals surface area contributed by atoms with Crippen molar-refractivity contribution in [3.05, 3.63) is 133 Å². The second kappa shape index (κ2) is 41.2. The Labute approximate surface area is 755 Å². The summed E-state index contributed by atoms with van der Waals surface area (Å²) in [6, 6.07) is 15.3. The van der Waals surface area contributed by atoms with Crippen molar-refractivity contribution in [2.75, 3.05) is 180 Å². The molecule has 0 spiro atoms. The van der Waals surface area contributed by atoms with E-state index in [9.17, 15) is 33.3 Å². The van der Waals surface area contributed by atoms with Crippen molar-refractivity contribution >= 4 is 97.4 Å². The number of fused-ring (bicyclic) bond motifs is 5. The molecule has 4 amide bonds. The SMILES string of the molecule is C=CC1(C)OCc2c(N3CCOC[C@@H]3C)nc(Cl)nc21.CCNC(=O)Nc1ccc(-c2nc(N3CCOC[C@@H]3C)c3c(n2)[C@@](C)(CO)OC3)cc1.CCNC(=O)Nc1ccc(-c2nc(N3CCOC[C@@H]3C)c3c(n2)[C@](C)(CO)OC3)cc1.C[C@H]1COCCN1c1nc(Cl)nc2c1COC2(C)CCOS(C)(=O)=O.C[C@H]1COCCN1c1nc(Cl)nc2c1COC2(C)CO. The molecule has 690 valence electrons. The molecule has 0 bridgehead atoms. The average molecular weight is 1840 g/mol. The number of morpholine rings is 5. The molecule has 15 heterocycles. The minimum Gasteiger partial charge on any atom is -0.393 e. The van der Waals surface area contributed by atoms with Gasteiger partial charge in [0.25, 0.3) is 10.1 Å². The van der Waals surface area contributed by atoms with Crippen molar-refractivity contribution in [2.45, 2.75) is 181 Å². The van der Waals surface area contributed by atoms with Gasteiger partial charge >= 0.3 is 12.1 Å². The van der Waals surface area contributed by atoms with Crippen molar-refractivity contribution in [3.63, 3.8) is 0 Å². The molecule has 37 nitrogen and oxygen atoms in total. The quantitative estimate of drug-likeness (QED) is 0.0225. The standard InChI is InChI=1S/2C22H29N5O4.C15H22ClN3O5S.C14H18ClN3O2.C13H18ClN3O3/c2*1-4-23-21(29)24-16-7-5-15(6-8-16)19-25-18-17(12-31-22(18,3)13-28)20(26-19)27-9-10-30-11-14(27)2;1-10-8-22-7-5-19(10)13-11-9-23-15(2,4-6-24-25(3,20)21)12(11)17-14(16)18-13;1-4-14(3)11-10(8-20-14)12(17-13(15)16-11)18-5-6-19-7-9(18)2;1-8-5-19-4-3-17(8)11-9-6-20-13(2,7-18)10(9)15-12(14)16-11/h2*5-8,14,28H,4,9-13H2,1-3H3,(H2,23,24,29);10H,4-9H2,1-3H3;4,9H,1,5-8H2,2-3H3;8,18H,3-7H2,1-2H3/t14-,22+;14-,22-;10-,15?;9-,14?;8-,13?/m00000/s1. The summed E-state index contributed by atoms with van der Waals surface area (Å²) in [5.74, 6) is 5.20. The summed E-state index contributed by atoms with van der Waals surface area (Å²) in [5.41, 5.74) is 7.41. The summed E-state index contributed by atoms with van der Waals surface area (Å²) in [6.45, 7) is 40.2. The van der Waals surface area contributed by atoms with E-state index in [4.69, 9.17) is 106 Å². The van der Waals surface area contributed by atoms with E-state index in [2.05, 4.69) is 117 Å². The third kappa shape index (κ3) is 21.7. The van der Waals surface area contributed by atoms with Crippen LogP contribution in [0.4, 0.5) is 50.1 Å². The fourth-order valence-corrected chi connectivity index (χ4v) is 17.3. The van der Waals surface area contributed by atoms with Crippen LogP contribution in [0, 0.1) is 0 Å². The number of halogens is 3. The molecular weight excluding hydrogens is 1730 g/mol. The van der Waals surface area contributed by atoms with Crippen molar-refractivity contribution in [1.82, 2.24) is 60.5 Å². The second-order valence-electron chi connectivity index (χ2n) is 33.5. The molecule has 10 aliphatic rings. The molecule has 7 aromatic rings. The topological polar surface area (TPSA) is 424 Å². The fraction of sp³-hybridized carbons (Fsp3) is 0.581. The fourth-order valence-electron chi connectivity index (χ4n) is 16.4. The van der Waals surface area contributed by atoms with Gasteiger partial charge in [-0.2, -0.15) is 8.42 Å². The number of aliphatic hydroxyl groups excluding tert-OH is 3. The molecule has 10 aliphatic heterocycles. The molecule has 5 fully saturated rings. The second-order valence-corrected chi connectivity index (χ2v) is 36.1. The van der Waals surface area contributed by atoms with Crippen LogP contribution in [-0.4, -0.2) is 260 Å². The third-order valence-corrected chi connectivity index (χ3v) is 24.9. The zero-order valence-electron chi connectivity index (χ0n) is 74.1. The van der Waals surface area contributed by atoms with Gasteiger partial charge in [0.05, 0.1) is 190 Å². The molecule has 41 heteroatoms. The Morgan fingerprint density at radius 3 is 1.03 bits per heavy atom. The van der Waals surface area contributed by atoms with Crippen LogP contribution in [0.1, 0.15) is 146 Å². The summed E-state index contributed by atoms with van der Waals surface area (Å²) < 4.78 is 84.2. The van der Waals surface area contributed by atoms with Crippen molar-refractivity contribution in [2.24, 2.45) is 0 Å². The summed E-state index contributed by atoms with van der Waals surface area (Å²) in [7, 11) is -3.50. The Balaban J connectivity index is 0.000000137. The first kappa shape index (κ1) is 95.9. The number of anilines is 7. The Morgan fingerprint density at radius 2 is 0.732 bits per heavy atom. The average Bonchev–Trinajstić information content (AvgIpc) is 1.63. The van der Waals surface area contributed by atoms with Crippen LogP contribution < -0.4 is 45.8 Å². The molecule has 3 unspecified atom stereocenters. The first-order valence-corrected chi connectivity index (χ1v) is 45.7. The van der Waals surface area contributed by atoms with E-state index in [1.54, 1.807) is 6.08 Å². The lowest BCUT2D eigenvalue weighted by Crippen LogP contribution is -2.44. The Morgan fingerprint density at radius 1 is 0.449 bits per heavy atom. The van der Waals surface area contributed by atoms with Gasteiger partial charge in [0.2, 0.25) is 15.9 Å². The smallest absolute Gasteiger partial charge is 0.319 e. The number of ether oxygens (including phenoxy) is 10. The Bertz CT molecular complexity index is 5030. The lowest BCUT2D eigenvalue weighted by molar-refractivity contribution is -0.0624. The van der Waals surface area contributed by atoms with Gasteiger partial charge in [0, 0.05) is 103 Å². The molecule has 0 saturated carbocycles. The van der Waals surface area contributed by atoms with Crippen LogP contribution in [-0.2, 0) is 123 Å². The number of carbonyl (C=O) groups excluding carboxylic acids is 2. The number of urea groups is 2. The molecule has 2 aromatic carbocycles. The number of amides is 4. The zero-order chi connectivity index (χ0) is 90.9. The predicted octanol–water partition coefficient (Wildman–Crippen LogP) is 9.34. The maximum absolute atomic E-state index is 11.8. The molecular formula is C86H116Cl3N19O18S. The first-order valence-electron chi connectivity index (χ1n) is 42.8. The normalized spacial score (nSPS) is 25.7. The van der Waals surface area contributed by atoms with Gasteiger partial charge in [-0.1, -0.05) is 12.7 Å². The van der Waals surface area contributed by atoms with Gasteiger partial charge in [-0.25, -0.2) is 59.4 Å². The van der Waals surface area contributed by atoms with Gasteiger partial charge < -0.3 is 108 Å². The molecule has 0 radical (unpaired) electrons. The van der Waals surface area contributed by atoms with Crippen LogP contribution in [0.25, 0.3) is 22.8 Å². The van der Waals surface area contributed by atoms with Gasteiger partial charge in [0.15, 0.2) is 11.6 Å². The van der Waals surface area contributed by atoms with Gasteiger partial charge in [-0.3, -0.25) is 4.18 Å². The number of nitrogens with one attached hydrogen (secondary N) is 4. The van der Waals surface area contributed by atoms with E-state index in [0.717, 1.165) is 124 Å². The number of rotatable bonds is 19. The maximum Gasteiger partial charge on any atom is 0.319 e. The maximum atomic E-state index is 11.8. The summed E-state index contributed by atoms with van der Waals surface area (Å²) in [4.78, 5) is 80.1. The molecule has 7 N–H and O–H groups in total. The molecule has 17 rings (SSSR count). The van der Waals surface area contributed by atoms with Crippen molar-refractivity contribution < 1.29 is 84.9 Å². The van der Waals surface area contributed by atoms with Crippen LogP contribution in [0.2, 0.25) is 15.9 Å². The molecule has 127 heavy (non-hydrogen) atoms. The number of nitrogens with zero attached hydrogens (tertiary/aromatic N) is 15. The minimum atomic E-state index is -3.50. The van der Waals surface area contributed by atoms with E-state index in [1.807, 2.05) is 97.0 Å². The Kier molecular flexibility index (Phi) is 31.1. The van der Waals surface area contributed by atoms with E-state index in [0.29, 0.717) is 153 Å². The van der Waals surface area contributed by atoms with E-state index in [1.165, 1.54) is 0 Å². The van der Waals surface area contributed by atoms with Gasteiger partial charge in [0.1, 0.15) is 57.1 Å². The largest absolute Gasteiger partial charge is 0.393 e. The number of carbonyl (C=O) groups is 2. The van der Waals surface area contributed by atoms with E-state index >= 15 is 0 Å². The predicted molar refractivity (Wildman–Crippen MR) is 477 cm³/mol. The molecule has 5 saturated heterocycles. The monoisotopic (exact) mass is 1840 g/mol. The number of hydrogen-bond acceptors (Lipinski definition) is 33. The van der Waals surface area contributed by atoms with Crippen LogP contribution in [0.3, 0.4) is 0 Å². The van der Waals surface area contributed by atoms with Crippen LogP contribution >= 0.6 is 34.8 Å². The van der Waals surface area contributed by atoms with E-state index < -0.39 is 38.1 Å². The minimum absolute atomic E-state index is 0.0136. The highest BCUT2D eigenvalue weighted by atomic mass is 35.5. The summed E-state index contributed by atoms with van der Waals surface area (Å²) in [6.07, 6.45) is 3.13. The van der Waals surface area contributed by atoms with Crippen molar-refractivity contribution in [3.8, 4) is 22.8 Å². The third-order valence-electron chi connectivity index (χ3n) is 23.8. The van der Waals surface area contributed by atoms with Crippen LogP contribution in [0.15, 0.2) is 61.2 Å². The number of aromatic nitrogens is 10. The first-order chi connectivity index (χ1) is 60.7. The number of hydrogen-bond donors (Lipinski definition) is 7. The molecule has 10 atom stereocenters. The molecule has 0 aliphatic carbocycles. The van der Waals surface area contributed by atoms with Gasteiger partial charge in [-0.05, 0) is 166 Å².